The highest BCUT2D eigenvalue weighted by molar-refractivity contribution is 4.99. The van der Waals surface area contributed by atoms with E-state index in [4.69, 9.17) is 15.0 Å². The Labute approximate surface area is 95.3 Å². The standard InChI is InChI=1S/C11H19N3O2/c1-2-4-9(12)11-13-10(14-16-11)8-5-3-6-15-7-8/h8-9H,2-7,12H2,1H3/t8?,9-/m0/s1. The Kier molecular flexibility index (Phi) is 3.90. The highest BCUT2D eigenvalue weighted by Gasteiger charge is 2.23. The van der Waals surface area contributed by atoms with Crippen molar-refractivity contribution < 1.29 is 9.26 Å². The zero-order valence-electron chi connectivity index (χ0n) is 9.69. The Morgan fingerprint density at radius 3 is 3.12 bits per heavy atom. The smallest absolute Gasteiger partial charge is 0.243 e. The van der Waals surface area contributed by atoms with Gasteiger partial charge in [0.2, 0.25) is 5.89 Å². The van der Waals surface area contributed by atoms with Crippen molar-refractivity contribution in [1.82, 2.24) is 10.1 Å². The fourth-order valence-corrected chi connectivity index (χ4v) is 1.94. The molecule has 5 nitrogen and oxygen atoms in total. The van der Waals surface area contributed by atoms with Crippen molar-refractivity contribution in [1.29, 1.82) is 0 Å². The molecule has 2 heterocycles. The van der Waals surface area contributed by atoms with Crippen molar-refractivity contribution in [3.8, 4) is 0 Å². The Hall–Kier alpha value is -0.940. The van der Waals surface area contributed by atoms with Gasteiger partial charge in [0.25, 0.3) is 0 Å². The predicted octanol–water partition coefficient (Wildman–Crippen LogP) is 1.76. The molecule has 1 fully saturated rings. The van der Waals surface area contributed by atoms with Crippen LogP contribution in [0.5, 0.6) is 0 Å². The molecule has 0 aliphatic carbocycles. The molecule has 0 amide bonds. The molecule has 90 valence electrons. The fraction of sp³-hybridized carbons (Fsp3) is 0.818. The molecule has 2 rings (SSSR count). The van der Waals surface area contributed by atoms with Crippen LogP contribution in [-0.4, -0.2) is 23.4 Å². The summed E-state index contributed by atoms with van der Waals surface area (Å²) >= 11 is 0. The molecule has 1 unspecified atom stereocenters. The van der Waals surface area contributed by atoms with Crippen molar-refractivity contribution in [3.05, 3.63) is 11.7 Å². The third-order valence-corrected chi connectivity index (χ3v) is 2.90. The van der Waals surface area contributed by atoms with E-state index in [1.54, 1.807) is 0 Å². The lowest BCUT2D eigenvalue weighted by Crippen LogP contribution is -2.17. The van der Waals surface area contributed by atoms with Gasteiger partial charge in [-0.1, -0.05) is 18.5 Å². The molecular weight excluding hydrogens is 206 g/mol. The predicted molar refractivity (Wildman–Crippen MR) is 58.9 cm³/mol. The number of ether oxygens (including phenoxy) is 1. The molecule has 16 heavy (non-hydrogen) atoms. The van der Waals surface area contributed by atoms with Crippen LogP contribution in [0, 0.1) is 0 Å². The van der Waals surface area contributed by atoms with Crippen LogP contribution in [0.3, 0.4) is 0 Å². The maximum absolute atomic E-state index is 5.92. The number of hydrogen-bond donors (Lipinski definition) is 1. The summed E-state index contributed by atoms with van der Waals surface area (Å²) < 4.78 is 10.6. The first-order valence-electron chi connectivity index (χ1n) is 5.98. The van der Waals surface area contributed by atoms with E-state index in [0.29, 0.717) is 12.5 Å². The van der Waals surface area contributed by atoms with E-state index in [0.717, 1.165) is 38.1 Å². The molecule has 2 atom stereocenters. The summed E-state index contributed by atoms with van der Waals surface area (Å²) in [6.45, 7) is 3.63. The average molecular weight is 225 g/mol. The van der Waals surface area contributed by atoms with Crippen molar-refractivity contribution in [2.75, 3.05) is 13.2 Å². The van der Waals surface area contributed by atoms with Gasteiger partial charge in [0, 0.05) is 12.5 Å². The molecular formula is C11H19N3O2. The number of nitrogens with two attached hydrogens (primary N) is 1. The van der Waals surface area contributed by atoms with Gasteiger partial charge in [-0.15, -0.1) is 0 Å². The molecule has 1 aromatic rings. The first kappa shape index (κ1) is 11.5. The summed E-state index contributed by atoms with van der Waals surface area (Å²) in [5.74, 6) is 1.59. The Morgan fingerprint density at radius 1 is 1.56 bits per heavy atom. The van der Waals surface area contributed by atoms with Gasteiger partial charge in [0.15, 0.2) is 5.82 Å². The van der Waals surface area contributed by atoms with Gasteiger partial charge >= 0.3 is 0 Å². The van der Waals surface area contributed by atoms with Crippen LogP contribution >= 0.6 is 0 Å². The van der Waals surface area contributed by atoms with Gasteiger partial charge in [-0.25, -0.2) is 0 Å². The van der Waals surface area contributed by atoms with E-state index in [1.165, 1.54) is 0 Å². The minimum Gasteiger partial charge on any atom is -0.381 e. The van der Waals surface area contributed by atoms with Gasteiger partial charge < -0.3 is 15.0 Å². The van der Waals surface area contributed by atoms with Crippen molar-refractivity contribution >= 4 is 0 Å². The molecule has 1 aromatic heterocycles. The van der Waals surface area contributed by atoms with Gasteiger partial charge in [0.05, 0.1) is 12.6 Å². The Morgan fingerprint density at radius 2 is 2.44 bits per heavy atom. The van der Waals surface area contributed by atoms with Crippen LogP contribution in [0.25, 0.3) is 0 Å². The van der Waals surface area contributed by atoms with Crippen LogP contribution in [-0.2, 0) is 4.74 Å². The van der Waals surface area contributed by atoms with E-state index < -0.39 is 0 Å². The summed E-state index contributed by atoms with van der Waals surface area (Å²) in [5.41, 5.74) is 5.92. The van der Waals surface area contributed by atoms with Crippen molar-refractivity contribution in [2.24, 2.45) is 5.73 Å². The van der Waals surface area contributed by atoms with Crippen LogP contribution in [0.15, 0.2) is 4.52 Å². The summed E-state index contributed by atoms with van der Waals surface area (Å²) in [4.78, 5) is 4.37. The zero-order valence-corrected chi connectivity index (χ0v) is 9.69. The van der Waals surface area contributed by atoms with Crippen LogP contribution in [0.2, 0.25) is 0 Å². The summed E-state index contributed by atoms with van der Waals surface area (Å²) in [6.07, 6.45) is 4.03. The molecule has 1 saturated heterocycles. The summed E-state index contributed by atoms with van der Waals surface area (Å²) in [5, 5.41) is 4.00. The summed E-state index contributed by atoms with van der Waals surface area (Å²) in [7, 11) is 0. The fourth-order valence-electron chi connectivity index (χ4n) is 1.94. The van der Waals surface area contributed by atoms with Gasteiger partial charge in [-0.3, -0.25) is 0 Å². The highest BCUT2D eigenvalue weighted by Crippen LogP contribution is 2.24. The van der Waals surface area contributed by atoms with Gasteiger partial charge in [-0.05, 0) is 19.3 Å². The second-order valence-corrected chi connectivity index (χ2v) is 4.30. The second-order valence-electron chi connectivity index (χ2n) is 4.30. The lowest BCUT2D eigenvalue weighted by Gasteiger charge is -2.18. The third kappa shape index (κ3) is 2.59. The van der Waals surface area contributed by atoms with Crippen molar-refractivity contribution in [2.45, 2.75) is 44.6 Å². The molecule has 1 aliphatic heterocycles. The minimum atomic E-state index is -0.129. The molecule has 0 aromatic carbocycles. The number of aromatic nitrogens is 2. The summed E-state index contributed by atoms with van der Waals surface area (Å²) in [6, 6.07) is -0.129. The van der Waals surface area contributed by atoms with E-state index in [1.807, 2.05) is 0 Å². The lowest BCUT2D eigenvalue weighted by molar-refractivity contribution is 0.0773. The minimum absolute atomic E-state index is 0.129. The van der Waals surface area contributed by atoms with Crippen LogP contribution < -0.4 is 5.73 Å². The molecule has 1 aliphatic rings. The Balaban J connectivity index is 2.00. The largest absolute Gasteiger partial charge is 0.381 e. The second kappa shape index (κ2) is 5.41. The maximum atomic E-state index is 5.92. The first-order valence-corrected chi connectivity index (χ1v) is 5.98. The monoisotopic (exact) mass is 225 g/mol. The molecule has 0 saturated carbocycles. The quantitative estimate of drug-likeness (QED) is 0.845. The van der Waals surface area contributed by atoms with E-state index in [2.05, 4.69) is 17.1 Å². The number of rotatable bonds is 4. The number of nitrogens with zero attached hydrogens (tertiary/aromatic N) is 2. The highest BCUT2D eigenvalue weighted by atomic mass is 16.5. The number of hydrogen-bond acceptors (Lipinski definition) is 5. The molecule has 5 heteroatoms. The maximum Gasteiger partial charge on any atom is 0.243 e. The van der Waals surface area contributed by atoms with Gasteiger partial charge in [0.1, 0.15) is 0 Å². The zero-order chi connectivity index (χ0) is 11.4. The molecule has 0 bridgehead atoms. The van der Waals surface area contributed by atoms with Crippen LogP contribution in [0.1, 0.15) is 56.3 Å². The van der Waals surface area contributed by atoms with E-state index in [9.17, 15) is 0 Å². The van der Waals surface area contributed by atoms with Gasteiger partial charge in [-0.2, -0.15) is 4.98 Å². The van der Waals surface area contributed by atoms with Crippen LogP contribution in [0.4, 0.5) is 0 Å². The van der Waals surface area contributed by atoms with Crippen molar-refractivity contribution in [3.63, 3.8) is 0 Å². The van der Waals surface area contributed by atoms with E-state index >= 15 is 0 Å². The van der Waals surface area contributed by atoms with E-state index in [-0.39, 0.29) is 12.0 Å². The molecule has 2 N–H and O–H groups in total. The lowest BCUT2D eigenvalue weighted by atomic mass is 10.0. The third-order valence-electron chi connectivity index (χ3n) is 2.90. The Bertz CT molecular complexity index is 321. The normalized spacial score (nSPS) is 23.2. The average Bonchev–Trinajstić information content (AvgIpc) is 2.80. The first-order chi connectivity index (χ1) is 7.81. The topological polar surface area (TPSA) is 74.2 Å². The molecule has 0 radical (unpaired) electrons. The SMILES string of the molecule is CCC[C@H](N)c1nc(C2CCCOC2)no1. The molecule has 0 spiro atoms.